The van der Waals surface area contributed by atoms with Gasteiger partial charge in [0.2, 0.25) is 0 Å². The lowest BCUT2D eigenvalue weighted by molar-refractivity contribution is -0.115. The van der Waals surface area contributed by atoms with Gasteiger partial charge in [-0.05, 0) is 44.3 Å². The maximum absolute atomic E-state index is 11.9. The first-order valence-corrected chi connectivity index (χ1v) is 8.01. The highest BCUT2D eigenvalue weighted by Crippen LogP contribution is 2.17. The minimum atomic E-state index is 0.0575. The molecule has 0 aliphatic heterocycles. The summed E-state index contributed by atoms with van der Waals surface area (Å²) < 4.78 is 0. The predicted octanol–water partition coefficient (Wildman–Crippen LogP) is 3.89. The van der Waals surface area contributed by atoms with Crippen molar-refractivity contribution in [3.63, 3.8) is 0 Å². The zero-order chi connectivity index (χ0) is 16.7. The van der Waals surface area contributed by atoms with Crippen molar-refractivity contribution >= 4 is 23.1 Å². The molecular weight excluding hydrogens is 288 g/mol. The normalized spacial score (nSPS) is 16.0. The summed E-state index contributed by atoms with van der Waals surface area (Å²) in [6.07, 6.45) is 5.22. The number of aliphatic imine (C=N–C) groups is 1. The van der Waals surface area contributed by atoms with E-state index in [0.717, 1.165) is 17.7 Å². The molecule has 0 atom stereocenters. The van der Waals surface area contributed by atoms with Crippen molar-refractivity contribution in [3.05, 3.63) is 47.5 Å². The Morgan fingerprint density at radius 2 is 1.91 bits per heavy atom. The highest BCUT2D eigenvalue weighted by molar-refractivity contribution is 6.05. The van der Waals surface area contributed by atoms with Crippen LogP contribution in [0.5, 0.6) is 0 Å². The molecule has 0 fully saturated rings. The van der Waals surface area contributed by atoms with E-state index < -0.39 is 0 Å². The number of benzene rings is 1. The van der Waals surface area contributed by atoms with Gasteiger partial charge in [-0.2, -0.15) is 0 Å². The van der Waals surface area contributed by atoms with E-state index >= 15 is 0 Å². The number of allylic oxidation sites excluding steroid dienone is 2. The zero-order valence-corrected chi connectivity index (χ0v) is 13.5. The van der Waals surface area contributed by atoms with Crippen LogP contribution in [0.2, 0.25) is 0 Å². The summed E-state index contributed by atoms with van der Waals surface area (Å²) in [5.41, 5.74) is 2.31. The van der Waals surface area contributed by atoms with E-state index in [0.29, 0.717) is 37.7 Å². The van der Waals surface area contributed by atoms with Crippen molar-refractivity contribution in [1.82, 2.24) is 0 Å². The van der Waals surface area contributed by atoms with Gasteiger partial charge in [0.05, 0.1) is 0 Å². The number of nitrogens with one attached hydrogen (secondary N) is 1. The fraction of sp³-hybridized carbons (Fsp3) is 0.368. The molecule has 0 saturated heterocycles. The Balaban J connectivity index is 1.88. The molecule has 23 heavy (non-hydrogen) atoms. The molecule has 1 aliphatic carbocycles. The Morgan fingerprint density at radius 1 is 1.17 bits per heavy atom. The maximum Gasteiger partial charge on any atom is 0.159 e. The molecule has 0 radical (unpaired) electrons. The van der Waals surface area contributed by atoms with Gasteiger partial charge >= 0.3 is 0 Å². The lowest BCUT2D eigenvalue weighted by Crippen LogP contribution is -2.04. The average molecular weight is 310 g/mol. The molecule has 120 valence electrons. The summed E-state index contributed by atoms with van der Waals surface area (Å²) in [6, 6.07) is 9.40. The molecular formula is C19H22N2O2. The van der Waals surface area contributed by atoms with Crippen molar-refractivity contribution in [1.29, 1.82) is 5.41 Å². The Bertz CT molecular complexity index is 657. The van der Waals surface area contributed by atoms with E-state index in [4.69, 9.17) is 5.41 Å². The number of hydrogen-bond donors (Lipinski definition) is 1. The molecule has 1 aliphatic rings. The summed E-state index contributed by atoms with van der Waals surface area (Å²) in [6.45, 7) is 1.89. The van der Waals surface area contributed by atoms with E-state index in [1.807, 2.05) is 37.3 Å². The van der Waals surface area contributed by atoms with Crippen LogP contribution in [0.3, 0.4) is 0 Å². The lowest BCUT2D eigenvalue weighted by Gasteiger charge is -2.05. The third-order valence-corrected chi connectivity index (χ3v) is 3.85. The second kappa shape index (κ2) is 8.32. The minimum absolute atomic E-state index is 0.0575. The Kier molecular flexibility index (Phi) is 6.15. The minimum Gasteiger partial charge on any atom is -0.295 e. The Hall–Kier alpha value is -2.36. The number of rotatable bonds is 5. The average Bonchev–Trinajstić information content (AvgIpc) is 2.69. The Morgan fingerprint density at radius 3 is 2.65 bits per heavy atom. The smallest absolute Gasteiger partial charge is 0.159 e. The molecule has 4 nitrogen and oxygen atoms in total. The van der Waals surface area contributed by atoms with Gasteiger partial charge in [0, 0.05) is 24.1 Å². The molecule has 0 heterocycles. The SMILES string of the molecule is CC(CCCC1=CC(=O)CCCC1=O)=NC(=N)c1ccccc1. The van der Waals surface area contributed by atoms with Gasteiger partial charge in [-0.3, -0.25) is 15.0 Å². The van der Waals surface area contributed by atoms with E-state index in [2.05, 4.69) is 4.99 Å². The van der Waals surface area contributed by atoms with E-state index in [1.165, 1.54) is 6.08 Å². The van der Waals surface area contributed by atoms with E-state index in [1.54, 1.807) is 0 Å². The molecule has 0 spiro atoms. The number of carbonyl (C=O) groups excluding carboxylic acids is 2. The van der Waals surface area contributed by atoms with Crippen LogP contribution in [0.1, 0.15) is 51.0 Å². The van der Waals surface area contributed by atoms with Crippen molar-refractivity contribution in [2.75, 3.05) is 0 Å². The van der Waals surface area contributed by atoms with Crippen LogP contribution in [-0.4, -0.2) is 23.1 Å². The molecule has 4 heteroatoms. The standard InChI is InChI=1S/C19H22N2O2/c1-14(21-19(20)15-8-3-2-4-9-15)7-5-10-16-13-17(22)11-6-12-18(16)23/h2-4,8-9,13,20H,5-7,10-12H2,1H3. The molecule has 0 amide bonds. The quantitative estimate of drug-likeness (QED) is 0.662. The molecule has 0 aromatic heterocycles. The van der Waals surface area contributed by atoms with Crippen LogP contribution in [0.15, 0.2) is 47.0 Å². The van der Waals surface area contributed by atoms with Gasteiger partial charge in [-0.1, -0.05) is 30.3 Å². The van der Waals surface area contributed by atoms with Crippen LogP contribution in [0, 0.1) is 5.41 Å². The van der Waals surface area contributed by atoms with Crippen LogP contribution in [0.4, 0.5) is 0 Å². The van der Waals surface area contributed by atoms with Gasteiger partial charge < -0.3 is 0 Å². The van der Waals surface area contributed by atoms with E-state index in [-0.39, 0.29) is 17.4 Å². The van der Waals surface area contributed by atoms with E-state index in [9.17, 15) is 9.59 Å². The van der Waals surface area contributed by atoms with Crippen LogP contribution < -0.4 is 0 Å². The maximum atomic E-state index is 11.9. The first kappa shape index (κ1) is 17.0. The van der Waals surface area contributed by atoms with Crippen LogP contribution in [0.25, 0.3) is 0 Å². The highest BCUT2D eigenvalue weighted by Gasteiger charge is 2.15. The van der Waals surface area contributed by atoms with Crippen molar-refractivity contribution in [2.45, 2.75) is 45.4 Å². The zero-order valence-electron chi connectivity index (χ0n) is 13.5. The van der Waals surface area contributed by atoms with Crippen molar-refractivity contribution in [2.24, 2.45) is 4.99 Å². The van der Waals surface area contributed by atoms with Crippen molar-refractivity contribution < 1.29 is 9.59 Å². The predicted molar refractivity (Wildman–Crippen MR) is 92.2 cm³/mol. The van der Waals surface area contributed by atoms with Gasteiger partial charge in [0.15, 0.2) is 17.4 Å². The molecule has 1 aromatic rings. The number of ketones is 2. The molecule has 1 N–H and O–H groups in total. The van der Waals surface area contributed by atoms with Crippen molar-refractivity contribution in [3.8, 4) is 0 Å². The summed E-state index contributed by atoms with van der Waals surface area (Å²) in [5.74, 6) is 0.410. The van der Waals surface area contributed by atoms with Crippen LogP contribution >= 0.6 is 0 Å². The summed E-state index contributed by atoms with van der Waals surface area (Å²) >= 11 is 0. The number of nitrogens with zero attached hydrogens (tertiary/aromatic N) is 1. The van der Waals surface area contributed by atoms with Gasteiger partial charge in [-0.25, -0.2) is 4.99 Å². The fourth-order valence-corrected chi connectivity index (χ4v) is 2.58. The summed E-state index contributed by atoms with van der Waals surface area (Å²) in [4.78, 5) is 27.8. The largest absolute Gasteiger partial charge is 0.295 e. The summed E-state index contributed by atoms with van der Waals surface area (Å²) in [5, 5.41) is 7.98. The molecule has 0 unspecified atom stereocenters. The molecule has 0 bridgehead atoms. The molecule has 0 saturated carbocycles. The first-order chi connectivity index (χ1) is 11.1. The molecule has 2 rings (SSSR count). The third-order valence-electron chi connectivity index (χ3n) is 3.85. The second-order valence-electron chi connectivity index (χ2n) is 5.83. The highest BCUT2D eigenvalue weighted by atomic mass is 16.1. The first-order valence-electron chi connectivity index (χ1n) is 8.01. The topological polar surface area (TPSA) is 70.3 Å². The number of carbonyl (C=O) groups is 2. The summed E-state index contributed by atoms with van der Waals surface area (Å²) in [7, 11) is 0. The van der Waals surface area contributed by atoms with Gasteiger partial charge in [0.1, 0.15) is 0 Å². The fourth-order valence-electron chi connectivity index (χ4n) is 2.58. The third kappa shape index (κ3) is 5.40. The molecule has 1 aromatic carbocycles. The van der Waals surface area contributed by atoms with Gasteiger partial charge in [-0.15, -0.1) is 0 Å². The lowest BCUT2D eigenvalue weighted by atomic mass is 10.0. The van der Waals surface area contributed by atoms with Gasteiger partial charge in [0.25, 0.3) is 0 Å². The second-order valence-corrected chi connectivity index (χ2v) is 5.83. The monoisotopic (exact) mass is 310 g/mol. The number of hydrogen-bond acceptors (Lipinski definition) is 3. The number of amidine groups is 1. The Labute approximate surface area is 136 Å². The van der Waals surface area contributed by atoms with Crippen LogP contribution in [-0.2, 0) is 9.59 Å². The number of Topliss-reactive ketones (excluding diaryl/α,β-unsaturated/α-hetero) is 1.